The molecule has 1 amide bonds. The Bertz CT molecular complexity index is 724. The zero-order valence-electron chi connectivity index (χ0n) is 13.3. The van der Waals surface area contributed by atoms with Crippen LogP contribution in [0, 0.1) is 0 Å². The third-order valence-corrected chi connectivity index (χ3v) is 3.11. The molecule has 0 fully saturated rings. The predicted molar refractivity (Wildman–Crippen MR) is 89.3 cm³/mol. The Morgan fingerprint density at radius 1 is 1.00 bits per heavy atom. The molecular weight excluding hydrogens is 292 g/mol. The number of hydrogen-bond acceptors (Lipinski definition) is 5. The highest BCUT2D eigenvalue weighted by Gasteiger charge is 2.17. The summed E-state index contributed by atoms with van der Waals surface area (Å²) in [6.07, 6.45) is 0.776. The van der Waals surface area contributed by atoms with Crippen molar-refractivity contribution in [3.8, 4) is 0 Å². The van der Waals surface area contributed by atoms with E-state index in [1.54, 1.807) is 49.4 Å². The third kappa shape index (κ3) is 4.08. The van der Waals surface area contributed by atoms with Crippen LogP contribution in [0.4, 0.5) is 17.1 Å². The molecule has 6 heteroatoms. The Morgan fingerprint density at radius 2 is 1.65 bits per heavy atom. The van der Waals surface area contributed by atoms with Crippen LogP contribution in [0.15, 0.2) is 58.8 Å². The van der Waals surface area contributed by atoms with Crippen LogP contribution in [0.3, 0.4) is 0 Å². The van der Waals surface area contributed by atoms with Crippen molar-refractivity contribution in [3.05, 3.63) is 54.1 Å². The van der Waals surface area contributed by atoms with Crippen LogP contribution in [-0.4, -0.2) is 31.3 Å². The van der Waals surface area contributed by atoms with Gasteiger partial charge in [-0.2, -0.15) is 5.11 Å². The van der Waals surface area contributed by atoms with Crippen molar-refractivity contribution in [2.45, 2.75) is 6.92 Å². The lowest BCUT2D eigenvalue weighted by Gasteiger charge is -2.28. The van der Waals surface area contributed by atoms with Gasteiger partial charge >= 0.3 is 0 Å². The summed E-state index contributed by atoms with van der Waals surface area (Å²) in [7, 11) is 3.57. The van der Waals surface area contributed by atoms with Crippen LogP contribution >= 0.6 is 0 Å². The number of nitrogens with zero attached hydrogens (tertiary/aromatic N) is 4. The van der Waals surface area contributed by atoms with Crippen molar-refractivity contribution in [2.75, 3.05) is 19.1 Å². The number of carbonyl (C=O) groups excluding carboxylic acids is 2. The number of hydrogen-bond donors (Lipinski definition) is 0. The highest BCUT2D eigenvalue weighted by molar-refractivity contribution is 5.93. The molecule has 0 aliphatic heterocycles. The van der Waals surface area contributed by atoms with Crippen molar-refractivity contribution in [1.29, 1.82) is 0 Å². The van der Waals surface area contributed by atoms with Crippen molar-refractivity contribution >= 4 is 29.3 Å². The summed E-state index contributed by atoms with van der Waals surface area (Å²) in [4.78, 5) is 22.5. The van der Waals surface area contributed by atoms with E-state index in [1.807, 2.05) is 18.2 Å². The number of rotatable bonds is 5. The second-order valence-corrected chi connectivity index (χ2v) is 5.08. The molecule has 0 saturated carbocycles. The van der Waals surface area contributed by atoms with Gasteiger partial charge in [0.15, 0.2) is 0 Å². The van der Waals surface area contributed by atoms with E-state index in [0.717, 1.165) is 6.29 Å². The smallest absolute Gasteiger partial charge is 0.238 e. The van der Waals surface area contributed by atoms with E-state index in [1.165, 1.54) is 11.9 Å². The number of amides is 1. The molecule has 0 aromatic heterocycles. The first-order valence-electron chi connectivity index (χ1n) is 7.07. The van der Waals surface area contributed by atoms with E-state index in [2.05, 4.69) is 10.2 Å². The molecule has 0 saturated heterocycles. The van der Waals surface area contributed by atoms with Crippen LogP contribution in [-0.2, 0) is 4.79 Å². The molecule has 0 spiro atoms. The van der Waals surface area contributed by atoms with Gasteiger partial charge in [-0.05, 0) is 36.4 Å². The summed E-state index contributed by atoms with van der Waals surface area (Å²) in [5.41, 5.74) is 2.44. The minimum Gasteiger partial charge on any atom is -0.298 e. The molecule has 0 aliphatic rings. The number of carbonyl (C=O) groups is 2. The van der Waals surface area contributed by atoms with E-state index in [-0.39, 0.29) is 5.91 Å². The highest BCUT2D eigenvalue weighted by Crippen LogP contribution is 2.30. The van der Waals surface area contributed by atoms with E-state index in [0.29, 0.717) is 22.6 Å². The summed E-state index contributed by atoms with van der Waals surface area (Å²) in [6, 6.07) is 14.1. The first kappa shape index (κ1) is 16.5. The Hall–Kier alpha value is -2.86. The van der Waals surface area contributed by atoms with Gasteiger partial charge in [-0.1, -0.05) is 12.1 Å². The molecule has 2 rings (SSSR count). The number of benzene rings is 2. The molecule has 0 unspecified atom stereocenters. The standard InChI is InChI=1S/C17H18N4O2/c1-13(23)21(20(2)3)17-7-5-4-6-16(17)19-18-15-10-8-14(12-22)9-11-15/h4-12H,1-3H3. The van der Waals surface area contributed by atoms with Crippen molar-refractivity contribution in [1.82, 2.24) is 5.01 Å². The first-order chi connectivity index (χ1) is 11.0. The Balaban J connectivity index is 2.34. The Labute approximate surface area is 135 Å². The molecule has 6 nitrogen and oxygen atoms in total. The summed E-state index contributed by atoms with van der Waals surface area (Å²) in [6.45, 7) is 1.49. The van der Waals surface area contributed by atoms with Crippen LogP contribution < -0.4 is 5.01 Å². The fourth-order valence-corrected chi connectivity index (χ4v) is 2.13. The average Bonchev–Trinajstić information content (AvgIpc) is 2.54. The molecule has 0 aliphatic carbocycles. The topological polar surface area (TPSA) is 65.3 Å². The van der Waals surface area contributed by atoms with E-state index >= 15 is 0 Å². The maximum Gasteiger partial charge on any atom is 0.238 e. The van der Waals surface area contributed by atoms with Gasteiger partial charge in [0, 0.05) is 26.6 Å². The minimum atomic E-state index is -0.118. The summed E-state index contributed by atoms with van der Waals surface area (Å²) < 4.78 is 0. The Morgan fingerprint density at radius 3 is 2.22 bits per heavy atom. The minimum absolute atomic E-state index is 0.118. The van der Waals surface area contributed by atoms with Crippen LogP contribution in [0.1, 0.15) is 17.3 Å². The molecule has 23 heavy (non-hydrogen) atoms. The highest BCUT2D eigenvalue weighted by atomic mass is 16.2. The van der Waals surface area contributed by atoms with Gasteiger partial charge in [-0.15, -0.1) is 5.11 Å². The number of azo groups is 1. The lowest BCUT2D eigenvalue weighted by Crippen LogP contribution is -2.40. The zero-order valence-corrected chi connectivity index (χ0v) is 13.3. The third-order valence-electron chi connectivity index (χ3n) is 3.11. The SMILES string of the molecule is CC(=O)N(c1ccccc1N=Nc1ccc(C=O)cc1)N(C)C. The van der Waals surface area contributed by atoms with Crippen LogP contribution in [0.5, 0.6) is 0 Å². The summed E-state index contributed by atoms with van der Waals surface area (Å²) in [5.74, 6) is -0.118. The zero-order chi connectivity index (χ0) is 16.8. The van der Waals surface area contributed by atoms with Crippen molar-refractivity contribution < 1.29 is 9.59 Å². The van der Waals surface area contributed by atoms with Gasteiger partial charge in [-0.25, -0.2) is 10.0 Å². The number of aldehydes is 1. The number of hydrazine groups is 1. The van der Waals surface area contributed by atoms with E-state index < -0.39 is 0 Å². The molecule has 0 radical (unpaired) electrons. The van der Waals surface area contributed by atoms with Gasteiger partial charge in [0.05, 0.1) is 11.4 Å². The van der Waals surface area contributed by atoms with Crippen molar-refractivity contribution in [2.24, 2.45) is 10.2 Å². The quantitative estimate of drug-likeness (QED) is 0.480. The maximum absolute atomic E-state index is 11.9. The van der Waals surface area contributed by atoms with Gasteiger partial charge in [0.2, 0.25) is 5.91 Å². The first-order valence-corrected chi connectivity index (χ1v) is 7.07. The lowest BCUT2D eigenvalue weighted by atomic mass is 10.2. The Kier molecular flexibility index (Phi) is 5.32. The van der Waals surface area contributed by atoms with Crippen LogP contribution in [0.2, 0.25) is 0 Å². The molecule has 118 valence electrons. The largest absolute Gasteiger partial charge is 0.298 e. The van der Waals surface area contributed by atoms with Crippen LogP contribution in [0.25, 0.3) is 0 Å². The fourth-order valence-electron chi connectivity index (χ4n) is 2.13. The number of para-hydroxylation sites is 1. The lowest BCUT2D eigenvalue weighted by molar-refractivity contribution is -0.118. The van der Waals surface area contributed by atoms with Gasteiger partial charge in [-0.3, -0.25) is 9.59 Å². The van der Waals surface area contributed by atoms with Gasteiger partial charge in [0.25, 0.3) is 0 Å². The molecule has 0 N–H and O–H groups in total. The second kappa shape index (κ2) is 7.42. The molecule has 0 heterocycles. The van der Waals surface area contributed by atoms with Gasteiger partial charge in [0.1, 0.15) is 12.0 Å². The molecule has 2 aromatic rings. The van der Waals surface area contributed by atoms with Crippen molar-refractivity contribution in [3.63, 3.8) is 0 Å². The monoisotopic (exact) mass is 310 g/mol. The maximum atomic E-state index is 11.9. The summed E-state index contributed by atoms with van der Waals surface area (Å²) >= 11 is 0. The molecular formula is C17H18N4O2. The molecule has 2 aromatic carbocycles. The summed E-state index contributed by atoms with van der Waals surface area (Å²) in [5, 5.41) is 11.6. The predicted octanol–water partition coefficient (Wildman–Crippen LogP) is 3.74. The van der Waals surface area contributed by atoms with Gasteiger partial charge < -0.3 is 0 Å². The molecule has 0 atom stereocenters. The fraction of sp³-hybridized carbons (Fsp3) is 0.176. The second-order valence-electron chi connectivity index (χ2n) is 5.08. The normalized spacial score (nSPS) is 11.0. The van der Waals surface area contributed by atoms with E-state index in [9.17, 15) is 9.59 Å². The number of anilines is 1. The molecule has 0 bridgehead atoms. The average molecular weight is 310 g/mol. The van der Waals surface area contributed by atoms with E-state index in [4.69, 9.17) is 0 Å².